The maximum absolute atomic E-state index is 13.2. The summed E-state index contributed by atoms with van der Waals surface area (Å²) in [6.45, 7) is 2.84. The number of nitrogens with one attached hydrogen (secondary N) is 1. The predicted molar refractivity (Wildman–Crippen MR) is 81.3 cm³/mol. The molecule has 1 aliphatic carbocycles. The van der Waals surface area contributed by atoms with Gasteiger partial charge in [0.25, 0.3) is 0 Å². The van der Waals surface area contributed by atoms with Crippen molar-refractivity contribution in [3.05, 3.63) is 40.2 Å². The second kappa shape index (κ2) is 5.48. The third kappa shape index (κ3) is 2.82. The summed E-state index contributed by atoms with van der Waals surface area (Å²) in [7, 11) is 0. The van der Waals surface area contributed by atoms with Gasteiger partial charge >= 0.3 is 0 Å². The first-order valence-electron chi connectivity index (χ1n) is 6.75. The maximum atomic E-state index is 13.2. The Balaban J connectivity index is 2.06. The maximum Gasteiger partial charge on any atom is 0.162 e. The molecule has 0 aliphatic heterocycles. The van der Waals surface area contributed by atoms with Gasteiger partial charge in [-0.25, -0.2) is 14.4 Å². The molecule has 1 aromatic heterocycles. The summed E-state index contributed by atoms with van der Waals surface area (Å²) >= 11 is 3.38. The minimum Gasteiger partial charge on any atom is -0.370 e. The molecule has 3 rings (SSSR count). The molecular weight excluding hydrogens is 321 g/mol. The van der Waals surface area contributed by atoms with Gasteiger partial charge in [0.1, 0.15) is 11.6 Å². The summed E-state index contributed by atoms with van der Waals surface area (Å²) in [4.78, 5) is 9.15. The fourth-order valence-electron chi connectivity index (χ4n) is 2.12. The highest BCUT2D eigenvalue weighted by molar-refractivity contribution is 9.10. The summed E-state index contributed by atoms with van der Waals surface area (Å²) in [6.07, 6.45) is 2.37. The molecule has 104 valence electrons. The number of rotatable bonds is 4. The third-order valence-electron chi connectivity index (χ3n) is 3.27. The first-order chi connectivity index (χ1) is 9.67. The lowest BCUT2D eigenvalue weighted by molar-refractivity contribution is 0.627. The topological polar surface area (TPSA) is 37.8 Å². The summed E-state index contributed by atoms with van der Waals surface area (Å²) in [6, 6.07) is 6.60. The highest BCUT2D eigenvalue weighted by Crippen LogP contribution is 2.40. The summed E-state index contributed by atoms with van der Waals surface area (Å²) in [5, 5.41) is 3.23. The number of benzene rings is 1. The van der Waals surface area contributed by atoms with Crippen LogP contribution in [-0.2, 0) is 0 Å². The van der Waals surface area contributed by atoms with E-state index in [0.717, 1.165) is 23.6 Å². The van der Waals surface area contributed by atoms with Crippen molar-refractivity contribution in [2.45, 2.75) is 25.7 Å². The Labute approximate surface area is 125 Å². The second-order valence-corrected chi connectivity index (χ2v) is 5.78. The molecule has 1 heterocycles. The van der Waals surface area contributed by atoms with Crippen molar-refractivity contribution < 1.29 is 4.39 Å². The number of nitrogens with zero attached hydrogens (tertiary/aromatic N) is 2. The molecule has 1 aliphatic rings. The number of halogens is 2. The zero-order chi connectivity index (χ0) is 14.1. The van der Waals surface area contributed by atoms with Gasteiger partial charge in [0.2, 0.25) is 0 Å². The van der Waals surface area contributed by atoms with Crippen LogP contribution in [0.25, 0.3) is 11.4 Å². The van der Waals surface area contributed by atoms with Crippen molar-refractivity contribution in [2.24, 2.45) is 0 Å². The van der Waals surface area contributed by atoms with Gasteiger partial charge in [0, 0.05) is 34.3 Å². The molecule has 0 radical (unpaired) electrons. The van der Waals surface area contributed by atoms with Crippen LogP contribution in [0.2, 0.25) is 0 Å². The fourth-order valence-corrected chi connectivity index (χ4v) is 2.65. The van der Waals surface area contributed by atoms with Gasteiger partial charge in [0.15, 0.2) is 5.82 Å². The predicted octanol–water partition coefficient (Wildman–Crippen LogP) is 4.35. The molecule has 0 atom stereocenters. The van der Waals surface area contributed by atoms with Crippen molar-refractivity contribution in [1.29, 1.82) is 0 Å². The van der Waals surface area contributed by atoms with Crippen LogP contribution >= 0.6 is 15.9 Å². The Bertz CT molecular complexity index is 641. The van der Waals surface area contributed by atoms with E-state index < -0.39 is 0 Å². The Morgan fingerprint density at radius 1 is 1.30 bits per heavy atom. The van der Waals surface area contributed by atoms with Gasteiger partial charge in [-0.3, -0.25) is 0 Å². The minimum absolute atomic E-state index is 0.272. The van der Waals surface area contributed by atoms with Gasteiger partial charge in [0.05, 0.1) is 0 Å². The molecule has 0 unspecified atom stereocenters. The van der Waals surface area contributed by atoms with E-state index in [1.165, 1.54) is 25.0 Å². The van der Waals surface area contributed by atoms with E-state index in [1.807, 2.05) is 13.0 Å². The minimum atomic E-state index is -0.272. The lowest BCUT2D eigenvalue weighted by Gasteiger charge is -2.09. The normalized spacial score (nSPS) is 14.3. The van der Waals surface area contributed by atoms with Crippen LogP contribution in [-0.4, -0.2) is 16.5 Å². The van der Waals surface area contributed by atoms with Gasteiger partial charge in [-0.2, -0.15) is 0 Å². The standard InChI is InChI=1S/C15H15BrFN3/c1-2-18-14-8-13(9-3-4-9)19-15(20-14)11-6-5-10(17)7-12(11)16/h5-9H,2-4H2,1H3,(H,18,19,20). The molecule has 0 amide bonds. The van der Waals surface area contributed by atoms with Crippen LogP contribution < -0.4 is 5.32 Å². The van der Waals surface area contributed by atoms with Crippen LogP contribution in [0.15, 0.2) is 28.7 Å². The zero-order valence-electron chi connectivity index (χ0n) is 11.2. The number of hydrogen-bond donors (Lipinski definition) is 1. The number of aromatic nitrogens is 2. The largest absolute Gasteiger partial charge is 0.370 e. The first kappa shape index (κ1) is 13.5. The molecule has 3 nitrogen and oxygen atoms in total. The molecule has 0 saturated heterocycles. The fraction of sp³-hybridized carbons (Fsp3) is 0.333. The Hall–Kier alpha value is -1.49. The average Bonchev–Trinajstić information content (AvgIpc) is 3.23. The van der Waals surface area contributed by atoms with Gasteiger partial charge in [-0.1, -0.05) is 0 Å². The SMILES string of the molecule is CCNc1cc(C2CC2)nc(-c2ccc(F)cc2Br)n1. The summed E-state index contributed by atoms with van der Waals surface area (Å²) in [5.74, 6) is 1.74. The Morgan fingerprint density at radius 2 is 2.10 bits per heavy atom. The monoisotopic (exact) mass is 335 g/mol. The zero-order valence-corrected chi connectivity index (χ0v) is 12.7. The highest BCUT2D eigenvalue weighted by Gasteiger charge is 2.26. The third-order valence-corrected chi connectivity index (χ3v) is 3.93. The Morgan fingerprint density at radius 3 is 2.75 bits per heavy atom. The van der Waals surface area contributed by atoms with Crippen molar-refractivity contribution >= 4 is 21.7 Å². The summed E-state index contributed by atoms with van der Waals surface area (Å²) < 4.78 is 13.9. The van der Waals surface area contributed by atoms with Crippen LogP contribution in [0.4, 0.5) is 10.2 Å². The molecule has 0 bridgehead atoms. The van der Waals surface area contributed by atoms with Gasteiger partial charge in [-0.15, -0.1) is 0 Å². The van der Waals surface area contributed by atoms with Crippen LogP contribution in [0.1, 0.15) is 31.4 Å². The highest BCUT2D eigenvalue weighted by atomic mass is 79.9. The van der Waals surface area contributed by atoms with Gasteiger partial charge < -0.3 is 5.32 Å². The molecule has 1 saturated carbocycles. The summed E-state index contributed by atoms with van der Waals surface area (Å²) in [5.41, 5.74) is 1.88. The van der Waals surface area contributed by atoms with E-state index >= 15 is 0 Å². The molecule has 1 N–H and O–H groups in total. The molecule has 5 heteroatoms. The lowest BCUT2D eigenvalue weighted by Crippen LogP contribution is -2.04. The quantitative estimate of drug-likeness (QED) is 0.902. The van der Waals surface area contributed by atoms with E-state index in [2.05, 4.69) is 31.2 Å². The van der Waals surface area contributed by atoms with Crippen molar-refractivity contribution in [1.82, 2.24) is 9.97 Å². The van der Waals surface area contributed by atoms with E-state index in [4.69, 9.17) is 0 Å². The lowest BCUT2D eigenvalue weighted by atomic mass is 10.2. The van der Waals surface area contributed by atoms with E-state index in [0.29, 0.717) is 16.2 Å². The van der Waals surface area contributed by atoms with Gasteiger partial charge in [-0.05, 0) is 53.9 Å². The molecule has 1 aromatic carbocycles. The van der Waals surface area contributed by atoms with Crippen LogP contribution in [0.3, 0.4) is 0 Å². The van der Waals surface area contributed by atoms with E-state index in [1.54, 1.807) is 6.07 Å². The van der Waals surface area contributed by atoms with Crippen molar-refractivity contribution in [3.63, 3.8) is 0 Å². The van der Waals surface area contributed by atoms with E-state index in [-0.39, 0.29) is 5.82 Å². The molecule has 2 aromatic rings. The first-order valence-corrected chi connectivity index (χ1v) is 7.55. The second-order valence-electron chi connectivity index (χ2n) is 4.93. The van der Waals surface area contributed by atoms with Crippen molar-refractivity contribution in [3.8, 4) is 11.4 Å². The van der Waals surface area contributed by atoms with E-state index in [9.17, 15) is 4.39 Å². The van der Waals surface area contributed by atoms with Crippen LogP contribution in [0, 0.1) is 5.82 Å². The van der Waals surface area contributed by atoms with Crippen molar-refractivity contribution in [2.75, 3.05) is 11.9 Å². The molecule has 1 fully saturated rings. The number of anilines is 1. The average molecular weight is 336 g/mol. The number of hydrogen-bond acceptors (Lipinski definition) is 3. The molecule has 20 heavy (non-hydrogen) atoms. The smallest absolute Gasteiger partial charge is 0.162 e. The molecule has 0 spiro atoms. The molecular formula is C15H15BrFN3. The van der Waals surface area contributed by atoms with Crippen LogP contribution in [0.5, 0.6) is 0 Å². The Kier molecular flexibility index (Phi) is 3.70.